The predicted molar refractivity (Wildman–Crippen MR) is 135 cm³/mol. The monoisotopic (exact) mass is 513 g/mol. The maximum Gasteiger partial charge on any atom is 0.247 e. The molecule has 1 aliphatic carbocycles. The summed E-state index contributed by atoms with van der Waals surface area (Å²) in [6.45, 7) is 2.64. The first-order valence-electron chi connectivity index (χ1n) is 10.9. The number of hydrogen-bond donors (Lipinski definition) is 0. The highest BCUT2D eigenvalue weighted by Gasteiger charge is 2.26. The zero-order valence-corrected chi connectivity index (χ0v) is 20.5. The van der Waals surface area contributed by atoms with E-state index in [1.165, 1.54) is 17.3 Å². The van der Waals surface area contributed by atoms with Crippen molar-refractivity contribution < 1.29 is 17.9 Å². The highest BCUT2D eigenvalue weighted by molar-refractivity contribution is 7.90. The smallest absolute Gasteiger partial charge is 0.247 e. The van der Waals surface area contributed by atoms with Gasteiger partial charge in [-0.25, -0.2) is 18.4 Å². The molecular weight excluding hydrogens is 486 g/mol. The van der Waals surface area contributed by atoms with Crippen LogP contribution in [0.5, 0.6) is 11.5 Å². The molecule has 1 aromatic heterocycles. The lowest BCUT2D eigenvalue weighted by Crippen LogP contribution is -2.07. The van der Waals surface area contributed by atoms with E-state index in [9.17, 15) is 13.7 Å². The molecule has 9 heteroatoms. The topological polar surface area (TPSA) is 102 Å². The minimum Gasteiger partial charge on any atom is -0.491 e. The molecule has 7 nitrogen and oxygen atoms in total. The molecule has 0 saturated heterocycles. The van der Waals surface area contributed by atoms with E-state index in [0.717, 1.165) is 31.1 Å². The maximum atomic E-state index is 11.7. The van der Waals surface area contributed by atoms with Crippen molar-refractivity contribution in [2.45, 2.75) is 51.3 Å². The number of halogens is 1. The minimum atomic E-state index is -3.48. The second kappa shape index (κ2) is 11.1. The van der Waals surface area contributed by atoms with Crippen molar-refractivity contribution in [2.24, 2.45) is 0 Å². The first-order valence-corrected chi connectivity index (χ1v) is 13.2. The highest BCUT2D eigenvalue weighted by Crippen LogP contribution is 2.42. The third-order valence-corrected chi connectivity index (χ3v) is 6.78. The number of benzene rings is 2. The minimum absolute atomic E-state index is 0. The quantitative estimate of drug-likeness (QED) is 0.367. The van der Waals surface area contributed by atoms with Gasteiger partial charge in [0.15, 0.2) is 5.75 Å². The van der Waals surface area contributed by atoms with E-state index < -0.39 is 9.84 Å². The van der Waals surface area contributed by atoms with Gasteiger partial charge in [-0.15, -0.1) is 0 Å². The van der Waals surface area contributed by atoms with E-state index in [2.05, 4.69) is 16.0 Å². The third kappa shape index (κ3) is 5.92. The molecule has 0 amide bonds. The number of nitriles is 1. The lowest BCUT2D eigenvalue weighted by Gasteiger charge is -2.16. The standard InChI is InChI=1S/C25H24ClN3O4S.CH4/c1-3-10-32-24-18(14-27)11-17(13-23(24)26)22-6-4-16-12-20(5-7-21(16)22)33-15-19-8-9-28-25(29-19)34(2,30)31;/h5,7-9,11-13,22H,3-4,6,10,15H2,1-2H3;1H4. The van der Waals surface area contributed by atoms with E-state index >= 15 is 0 Å². The van der Waals surface area contributed by atoms with Crippen LogP contribution in [0.25, 0.3) is 0 Å². The summed E-state index contributed by atoms with van der Waals surface area (Å²) in [5.41, 5.74) is 4.27. The van der Waals surface area contributed by atoms with Crippen molar-refractivity contribution in [3.63, 3.8) is 0 Å². The molecule has 3 aromatic rings. The molecule has 1 heterocycles. The fourth-order valence-electron chi connectivity index (χ4n) is 4.07. The van der Waals surface area contributed by atoms with Crippen LogP contribution in [-0.2, 0) is 22.9 Å². The molecule has 184 valence electrons. The van der Waals surface area contributed by atoms with Gasteiger partial charge >= 0.3 is 0 Å². The Kier molecular flexibility index (Phi) is 8.36. The Morgan fingerprint density at radius 1 is 1.20 bits per heavy atom. The molecule has 35 heavy (non-hydrogen) atoms. The highest BCUT2D eigenvalue weighted by atomic mass is 35.5. The van der Waals surface area contributed by atoms with Gasteiger partial charge in [0, 0.05) is 18.4 Å². The fourth-order valence-corrected chi connectivity index (χ4v) is 4.89. The van der Waals surface area contributed by atoms with Crippen molar-refractivity contribution in [2.75, 3.05) is 12.9 Å². The second-order valence-corrected chi connectivity index (χ2v) is 10.5. The lowest BCUT2D eigenvalue weighted by molar-refractivity contribution is 0.299. The number of rotatable bonds is 8. The summed E-state index contributed by atoms with van der Waals surface area (Å²) in [5.74, 6) is 1.26. The van der Waals surface area contributed by atoms with E-state index in [0.29, 0.717) is 34.4 Å². The van der Waals surface area contributed by atoms with Gasteiger partial charge in [-0.2, -0.15) is 5.26 Å². The first-order chi connectivity index (χ1) is 16.3. The Bertz CT molecular complexity index is 1370. The predicted octanol–water partition coefficient (Wildman–Crippen LogP) is 5.49. The molecule has 0 radical (unpaired) electrons. The van der Waals surface area contributed by atoms with Crippen molar-refractivity contribution in [1.29, 1.82) is 5.26 Å². The number of nitrogens with zero attached hydrogens (tertiary/aromatic N) is 3. The fraction of sp³-hybridized carbons (Fsp3) is 0.346. The van der Waals surface area contributed by atoms with Crippen molar-refractivity contribution in [3.8, 4) is 17.6 Å². The molecule has 1 unspecified atom stereocenters. The number of ether oxygens (including phenoxy) is 2. The van der Waals surface area contributed by atoms with Crippen LogP contribution in [0.2, 0.25) is 5.02 Å². The largest absolute Gasteiger partial charge is 0.491 e. The number of aromatic nitrogens is 2. The summed E-state index contributed by atoms with van der Waals surface area (Å²) >= 11 is 6.47. The van der Waals surface area contributed by atoms with Crippen LogP contribution in [0.15, 0.2) is 47.8 Å². The van der Waals surface area contributed by atoms with Gasteiger partial charge in [-0.3, -0.25) is 0 Å². The molecule has 0 N–H and O–H groups in total. The van der Waals surface area contributed by atoms with Crippen LogP contribution in [0.4, 0.5) is 0 Å². The summed E-state index contributed by atoms with van der Waals surface area (Å²) in [7, 11) is -3.48. The van der Waals surface area contributed by atoms with Gasteiger partial charge in [0.25, 0.3) is 0 Å². The van der Waals surface area contributed by atoms with Crippen molar-refractivity contribution >= 4 is 21.4 Å². The van der Waals surface area contributed by atoms with Crippen LogP contribution >= 0.6 is 11.6 Å². The van der Waals surface area contributed by atoms with Crippen LogP contribution in [0, 0.1) is 11.3 Å². The van der Waals surface area contributed by atoms with Crippen molar-refractivity contribution in [3.05, 3.63) is 75.6 Å². The Labute approximate surface area is 211 Å². The molecule has 2 aromatic carbocycles. The zero-order valence-electron chi connectivity index (χ0n) is 18.9. The summed E-state index contributed by atoms with van der Waals surface area (Å²) < 4.78 is 34.9. The van der Waals surface area contributed by atoms with Crippen molar-refractivity contribution in [1.82, 2.24) is 9.97 Å². The molecule has 0 saturated carbocycles. The summed E-state index contributed by atoms with van der Waals surface area (Å²) in [5, 5.41) is 9.85. The number of hydrogen-bond acceptors (Lipinski definition) is 7. The Balaban J connectivity index is 0.00000342. The summed E-state index contributed by atoms with van der Waals surface area (Å²) in [6.07, 6.45) is 5.09. The molecule has 1 atom stereocenters. The van der Waals surface area contributed by atoms with Gasteiger partial charge in [-0.1, -0.05) is 32.0 Å². The van der Waals surface area contributed by atoms with E-state index in [1.807, 2.05) is 37.3 Å². The number of sulfone groups is 1. The Hall–Kier alpha value is -3.15. The maximum absolute atomic E-state index is 11.7. The zero-order chi connectivity index (χ0) is 24.3. The summed E-state index contributed by atoms with van der Waals surface area (Å²) in [6, 6.07) is 13.5. The van der Waals surface area contributed by atoms with Crippen LogP contribution < -0.4 is 9.47 Å². The average Bonchev–Trinajstić information content (AvgIpc) is 3.24. The van der Waals surface area contributed by atoms with E-state index in [1.54, 1.807) is 6.07 Å². The molecule has 4 rings (SSSR count). The average molecular weight is 514 g/mol. The number of fused-ring (bicyclic) bond motifs is 1. The van der Waals surface area contributed by atoms with Gasteiger partial charge in [0.1, 0.15) is 18.4 Å². The normalized spacial score (nSPS) is 14.5. The van der Waals surface area contributed by atoms with E-state index in [-0.39, 0.29) is 25.1 Å². The van der Waals surface area contributed by atoms with Crippen LogP contribution in [0.3, 0.4) is 0 Å². The molecule has 1 aliphatic rings. The van der Waals surface area contributed by atoms with Crippen LogP contribution in [0.1, 0.15) is 61.1 Å². The van der Waals surface area contributed by atoms with E-state index in [4.69, 9.17) is 21.1 Å². The number of aryl methyl sites for hydroxylation is 1. The van der Waals surface area contributed by atoms with Gasteiger partial charge in [0.2, 0.25) is 15.0 Å². The van der Waals surface area contributed by atoms with Crippen LogP contribution in [-0.4, -0.2) is 31.2 Å². The molecule has 0 bridgehead atoms. The van der Waals surface area contributed by atoms with Gasteiger partial charge < -0.3 is 9.47 Å². The molecule has 0 spiro atoms. The first kappa shape index (κ1) is 26.5. The second-order valence-electron chi connectivity index (χ2n) is 8.18. The molecular formula is C26H28ClN3O4S. The van der Waals surface area contributed by atoms with Gasteiger partial charge in [0.05, 0.1) is 22.9 Å². The Morgan fingerprint density at radius 3 is 2.71 bits per heavy atom. The molecule has 0 aliphatic heterocycles. The third-order valence-electron chi connectivity index (χ3n) is 5.64. The van der Waals surface area contributed by atoms with Gasteiger partial charge in [-0.05, 0) is 66.3 Å². The lowest BCUT2D eigenvalue weighted by atomic mass is 9.91. The molecule has 0 fully saturated rings. The Morgan fingerprint density at radius 2 is 2.00 bits per heavy atom. The summed E-state index contributed by atoms with van der Waals surface area (Å²) in [4.78, 5) is 7.86. The SMILES string of the molecule is C.CCCOc1c(Cl)cc(C2CCc3cc(OCc4ccnc(S(C)(=O)=O)n4)ccc32)cc1C#N.